The molecule has 0 heterocycles. The molecule has 7 nitrogen and oxygen atoms in total. The summed E-state index contributed by atoms with van der Waals surface area (Å²) in [6.07, 6.45) is 4.85. The number of hydrogen-bond donors (Lipinski definition) is 2. The molecule has 0 radical (unpaired) electrons. The van der Waals surface area contributed by atoms with Crippen LogP contribution in [0.5, 0.6) is 0 Å². The molecule has 0 bridgehead atoms. The van der Waals surface area contributed by atoms with E-state index in [9.17, 15) is 10.1 Å². The van der Waals surface area contributed by atoms with Gasteiger partial charge in [-0.3, -0.25) is 10.1 Å². The molecule has 0 unspecified atom stereocenters. The fraction of sp³-hybridized carbons (Fsp3) is 0.562. The molecule has 1 aliphatic carbocycles. The number of hydrogen-bond acceptors (Lipinski definition) is 4. The molecule has 1 aromatic carbocycles. The molecule has 1 aliphatic rings. The predicted molar refractivity (Wildman–Crippen MR) is 105 cm³/mol. The van der Waals surface area contributed by atoms with Gasteiger partial charge in [0, 0.05) is 31.8 Å². The van der Waals surface area contributed by atoms with Crippen molar-refractivity contribution < 1.29 is 9.66 Å². The number of rotatable bonds is 7. The Balaban J connectivity index is 0.00000288. The lowest BCUT2D eigenvalue weighted by Gasteiger charge is -2.17. The molecule has 0 atom stereocenters. The Morgan fingerprint density at radius 1 is 1.33 bits per heavy atom. The van der Waals surface area contributed by atoms with Gasteiger partial charge in [-0.25, -0.2) is 4.99 Å². The van der Waals surface area contributed by atoms with Gasteiger partial charge in [-0.15, -0.1) is 24.0 Å². The standard InChI is InChI=1S/C16H24N4O3.HI/c1-23-11-10-17-16(19-14-4-2-3-5-14)18-12-13-6-8-15(9-7-13)20(21)22;/h6-9,14H,2-5,10-12H2,1H3,(H2,17,18,19);1H. The lowest BCUT2D eigenvalue weighted by atomic mass is 10.2. The van der Waals surface area contributed by atoms with Gasteiger partial charge in [0.1, 0.15) is 0 Å². The second-order valence-electron chi connectivity index (χ2n) is 5.63. The number of ether oxygens (including phenoxy) is 1. The highest BCUT2D eigenvalue weighted by Crippen LogP contribution is 2.17. The van der Waals surface area contributed by atoms with E-state index in [0.717, 1.165) is 11.5 Å². The lowest BCUT2D eigenvalue weighted by molar-refractivity contribution is -0.384. The van der Waals surface area contributed by atoms with Crippen molar-refractivity contribution in [2.24, 2.45) is 4.99 Å². The molecule has 0 amide bonds. The van der Waals surface area contributed by atoms with E-state index >= 15 is 0 Å². The highest BCUT2D eigenvalue weighted by molar-refractivity contribution is 14.0. The van der Waals surface area contributed by atoms with E-state index in [1.165, 1.54) is 37.8 Å². The van der Waals surface area contributed by atoms with Gasteiger partial charge in [0.05, 0.1) is 18.1 Å². The molecular weight excluding hydrogens is 423 g/mol. The number of nitrogens with one attached hydrogen (secondary N) is 2. The number of non-ortho nitro benzene ring substituents is 1. The monoisotopic (exact) mass is 448 g/mol. The Kier molecular flexibility index (Phi) is 9.62. The Morgan fingerprint density at radius 3 is 2.58 bits per heavy atom. The Morgan fingerprint density at radius 2 is 2.00 bits per heavy atom. The summed E-state index contributed by atoms with van der Waals surface area (Å²) in [6, 6.07) is 6.97. The molecule has 0 saturated heterocycles. The quantitative estimate of drug-likeness (QED) is 0.167. The number of nitrogens with zero attached hydrogens (tertiary/aromatic N) is 2. The van der Waals surface area contributed by atoms with Crippen LogP contribution in [0.15, 0.2) is 29.3 Å². The maximum Gasteiger partial charge on any atom is 0.269 e. The first-order chi connectivity index (χ1) is 11.2. The van der Waals surface area contributed by atoms with E-state index in [4.69, 9.17) is 4.74 Å². The normalized spacial score (nSPS) is 15.0. The van der Waals surface area contributed by atoms with Gasteiger partial charge in [-0.05, 0) is 18.4 Å². The SMILES string of the molecule is COCCNC(=NCc1ccc([N+](=O)[O-])cc1)NC1CCCC1.I. The summed E-state index contributed by atoms with van der Waals surface area (Å²) in [5.74, 6) is 0.771. The van der Waals surface area contributed by atoms with Crippen LogP contribution in [0, 0.1) is 10.1 Å². The van der Waals surface area contributed by atoms with Crippen LogP contribution in [-0.4, -0.2) is 37.2 Å². The van der Waals surface area contributed by atoms with Gasteiger partial charge >= 0.3 is 0 Å². The highest BCUT2D eigenvalue weighted by Gasteiger charge is 2.16. The number of methoxy groups -OCH3 is 1. The van der Waals surface area contributed by atoms with Crippen molar-refractivity contribution in [2.75, 3.05) is 20.3 Å². The molecule has 134 valence electrons. The van der Waals surface area contributed by atoms with Gasteiger partial charge in [0.15, 0.2) is 5.96 Å². The summed E-state index contributed by atoms with van der Waals surface area (Å²) in [5.41, 5.74) is 1.04. The van der Waals surface area contributed by atoms with Crippen LogP contribution in [0.3, 0.4) is 0 Å². The van der Waals surface area contributed by atoms with Crippen LogP contribution in [0.4, 0.5) is 5.69 Å². The van der Waals surface area contributed by atoms with Crippen molar-refractivity contribution in [2.45, 2.75) is 38.3 Å². The van der Waals surface area contributed by atoms with Crippen molar-refractivity contribution in [3.05, 3.63) is 39.9 Å². The third kappa shape index (κ3) is 7.00. The zero-order chi connectivity index (χ0) is 16.5. The van der Waals surface area contributed by atoms with Crippen LogP contribution in [0.25, 0.3) is 0 Å². The molecule has 2 N–H and O–H groups in total. The van der Waals surface area contributed by atoms with E-state index in [1.54, 1.807) is 19.2 Å². The summed E-state index contributed by atoms with van der Waals surface area (Å²) < 4.78 is 5.05. The first-order valence-electron chi connectivity index (χ1n) is 7.96. The number of nitro benzene ring substituents is 1. The maximum absolute atomic E-state index is 10.7. The minimum Gasteiger partial charge on any atom is -0.383 e. The molecule has 0 aromatic heterocycles. The summed E-state index contributed by atoms with van der Waals surface area (Å²) in [7, 11) is 1.67. The maximum atomic E-state index is 10.7. The number of halogens is 1. The van der Waals surface area contributed by atoms with Gasteiger partial charge in [0.25, 0.3) is 5.69 Å². The smallest absolute Gasteiger partial charge is 0.269 e. The number of guanidine groups is 1. The lowest BCUT2D eigenvalue weighted by Crippen LogP contribution is -2.43. The molecule has 1 aromatic rings. The predicted octanol–water partition coefficient (Wildman–Crippen LogP) is 2.84. The summed E-state index contributed by atoms with van der Waals surface area (Å²) >= 11 is 0. The third-order valence-corrected chi connectivity index (χ3v) is 3.86. The topological polar surface area (TPSA) is 88.8 Å². The summed E-state index contributed by atoms with van der Waals surface area (Å²) in [6.45, 7) is 1.78. The van der Waals surface area contributed by atoms with E-state index in [-0.39, 0.29) is 29.7 Å². The molecule has 0 aliphatic heterocycles. The zero-order valence-electron chi connectivity index (χ0n) is 13.9. The zero-order valence-corrected chi connectivity index (χ0v) is 16.2. The van der Waals surface area contributed by atoms with Crippen LogP contribution in [0.2, 0.25) is 0 Å². The Bertz CT molecular complexity index is 531. The first-order valence-corrected chi connectivity index (χ1v) is 7.96. The number of benzene rings is 1. The van der Waals surface area contributed by atoms with Crippen molar-refractivity contribution in [3.63, 3.8) is 0 Å². The molecule has 2 rings (SSSR count). The molecule has 24 heavy (non-hydrogen) atoms. The van der Waals surface area contributed by atoms with E-state index < -0.39 is 4.92 Å². The van der Waals surface area contributed by atoms with Crippen LogP contribution in [-0.2, 0) is 11.3 Å². The summed E-state index contributed by atoms with van der Waals surface area (Å²) in [4.78, 5) is 14.8. The van der Waals surface area contributed by atoms with Gasteiger partial charge in [-0.1, -0.05) is 25.0 Å². The van der Waals surface area contributed by atoms with E-state index in [0.29, 0.717) is 25.7 Å². The molecular formula is C16H25IN4O3. The van der Waals surface area contributed by atoms with Gasteiger partial charge < -0.3 is 15.4 Å². The van der Waals surface area contributed by atoms with Gasteiger partial charge in [0.2, 0.25) is 0 Å². The average Bonchev–Trinajstić information content (AvgIpc) is 3.06. The summed E-state index contributed by atoms with van der Waals surface area (Å²) in [5, 5.41) is 17.4. The van der Waals surface area contributed by atoms with E-state index in [2.05, 4.69) is 15.6 Å². The molecule has 1 fully saturated rings. The average molecular weight is 448 g/mol. The number of nitro groups is 1. The van der Waals surface area contributed by atoms with Gasteiger partial charge in [-0.2, -0.15) is 0 Å². The second-order valence-corrected chi connectivity index (χ2v) is 5.63. The Hall–Kier alpha value is -1.42. The highest BCUT2D eigenvalue weighted by atomic mass is 127. The molecule has 0 spiro atoms. The van der Waals surface area contributed by atoms with Crippen LogP contribution >= 0.6 is 24.0 Å². The van der Waals surface area contributed by atoms with Crippen molar-refractivity contribution >= 4 is 35.6 Å². The minimum atomic E-state index is -0.396. The van der Waals surface area contributed by atoms with Crippen LogP contribution < -0.4 is 10.6 Å². The van der Waals surface area contributed by atoms with E-state index in [1.807, 2.05) is 0 Å². The molecule has 8 heteroatoms. The van der Waals surface area contributed by atoms with Crippen LogP contribution in [0.1, 0.15) is 31.2 Å². The molecule has 1 saturated carbocycles. The third-order valence-electron chi connectivity index (χ3n) is 3.86. The van der Waals surface area contributed by atoms with Crippen molar-refractivity contribution in [1.29, 1.82) is 0 Å². The minimum absolute atomic E-state index is 0. The fourth-order valence-electron chi connectivity index (χ4n) is 2.58. The fourth-order valence-corrected chi connectivity index (χ4v) is 2.58. The van der Waals surface area contributed by atoms with Crippen molar-refractivity contribution in [3.8, 4) is 0 Å². The first kappa shape index (κ1) is 20.6. The number of aliphatic imine (C=N–C) groups is 1. The second kappa shape index (κ2) is 11.2. The Labute approximate surface area is 159 Å². The van der Waals surface area contributed by atoms with Crippen molar-refractivity contribution in [1.82, 2.24) is 10.6 Å². The largest absolute Gasteiger partial charge is 0.383 e.